The van der Waals surface area contributed by atoms with E-state index in [0.717, 1.165) is 11.4 Å². The van der Waals surface area contributed by atoms with E-state index < -0.39 is 0 Å². The SMILES string of the molecule is Cc1cc(Nc2ccccc2)cc2c1NC(C(C)C)=CC2(C)c1ccccc1. The van der Waals surface area contributed by atoms with Crippen LogP contribution in [0, 0.1) is 12.8 Å². The summed E-state index contributed by atoms with van der Waals surface area (Å²) in [4.78, 5) is 0. The van der Waals surface area contributed by atoms with Gasteiger partial charge < -0.3 is 10.6 Å². The second-order valence-corrected chi connectivity index (χ2v) is 8.15. The molecular formula is C26H28N2. The Bertz CT molecular complexity index is 1000. The Hall–Kier alpha value is -3.00. The zero-order chi connectivity index (χ0) is 19.7. The predicted octanol–water partition coefficient (Wildman–Crippen LogP) is 7.01. The van der Waals surface area contributed by atoms with Gasteiger partial charge in [-0.25, -0.2) is 0 Å². The van der Waals surface area contributed by atoms with E-state index in [4.69, 9.17) is 0 Å². The van der Waals surface area contributed by atoms with Crippen molar-refractivity contribution in [2.75, 3.05) is 10.6 Å². The highest BCUT2D eigenvalue weighted by atomic mass is 14.9. The quantitative estimate of drug-likeness (QED) is 0.517. The molecule has 0 saturated heterocycles. The standard InChI is InChI=1S/C26H28N2/c1-18(2)24-17-26(4,20-11-7-5-8-12-20)23-16-22(15-19(3)25(23)28-24)27-21-13-9-6-10-14-21/h5-18,27-28H,1-4H3. The monoisotopic (exact) mass is 368 g/mol. The molecule has 0 fully saturated rings. The molecule has 1 atom stereocenters. The van der Waals surface area contributed by atoms with Crippen LogP contribution in [-0.2, 0) is 5.41 Å². The molecule has 142 valence electrons. The number of fused-ring (bicyclic) bond motifs is 1. The number of para-hydroxylation sites is 1. The lowest BCUT2D eigenvalue weighted by atomic mass is 9.71. The molecule has 2 N–H and O–H groups in total. The Morgan fingerprint density at radius 2 is 1.50 bits per heavy atom. The number of hydrogen-bond donors (Lipinski definition) is 2. The fourth-order valence-corrected chi connectivity index (χ4v) is 4.03. The van der Waals surface area contributed by atoms with E-state index >= 15 is 0 Å². The van der Waals surface area contributed by atoms with E-state index in [9.17, 15) is 0 Å². The first-order chi connectivity index (χ1) is 13.5. The number of nitrogens with one attached hydrogen (secondary N) is 2. The van der Waals surface area contributed by atoms with Gasteiger partial charge in [-0.1, -0.05) is 68.5 Å². The third-order valence-electron chi connectivity index (χ3n) is 5.67. The van der Waals surface area contributed by atoms with Crippen LogP contribution in [0.15, 0.2) is 84.6 Å². The highest BCUT2D eigenvalue weighted by Gasteiger charge is 2.34. The van der Waals surface area contributed by atoms with E-state index in [1.165, 1.54) is 28.1 Å². The predicted molar refractivity (Wildman–Crippen MR) is 120 cm³/mol. The maximum Gasteiger partial charge on any atom is 0.0457 e. The first kappa shape index (κ1) is 18.4. The van der Waals surface area contributed by atoms with E-state index in [1.54, 1.807) is 0 Å². The second-order valence-electron chi connectivity index (χ2n) is 8.15. The lowest BCUT2D eigenvalue weighted by molar-refractivity contribution is 0.670. The summed E-state index contributed by atoms with van der Waals surface area (Å²) in [6.45, 7) is 9.01. The first-order valence-electron chi connectivity index (χ1n) is 10.00. The van der Waals surface area contributed by atoms with Crippen molar-refractivity contribution in [3.63, 3.8) is 0 Å². The molecule has 1 heterocycles. The molecule has 0 bridgehead atoms. The number of aryl methyl sites for hydroxylation is 1. The molecule has 3 aromatic rings. The van der Waals surface area contributed by atoms with Gasteiger partial charge in [-0.2, -0.15) is 0 Å². The van der Waals surface area contributed by atoms with E-state index in [0.29, 0.717) is 5.92 Å². The van der Waals surface area contributed by atoms with Crippen molar-refractivity contribution < 1.29 is 0 Å². The van der Waals surface area contributed by atoms with Crippen LogP contribution in [-0.4, -0.2) is 0 Å². The third kappa shape index (κ3) is 3.31. The number of anilines is 3. The van der Waals surface area contributed by atoms with Crippen LogP contribution in [0.2, 0.25) is 0 Å². The van der Waals surface area contributed by atoms with E-state index in [-0.39, 0.29) is 5.41 Å². The van der Waals surface area contributed by atoms with Crippen molar-refractivity contribution in [3.8, 4) is 0 Å². The lowest BCUT2D eigenvalue weighted by Gasteiger charge is -2.38. The molecule has 2 heteroatoms. The van der Waals surface area contributed by atoms with Crippen molar-refractivity contribution >= 4 is 17.1 Å². The summed E-state index contributed by atoms with van der Waals surface area (Å²) in [5.41, 5.74) is 8.43. The maximum absolute atomic E-state index is 3.71. The van der Waals surface area contributed by atoms with Gasteiger partial charge in [0.05, 0.1) is 0 Å². The second kappa shape index (κ2) is 7.20. The summed E-state index contributed by atoms with van der Waals surface area (Å²) in [5.74, 6) is 0.442. The zero-order valence-electron chi connectivity index (χ0n) is 17.1. The van der Waals surface area contributed by atoms with Gasteiger partial charge in [-0.15, -0.1) is 0 Å². The summed E-state index contributed by atoms with van der Waals surface area (Å²) in [6, 6.07) is 25.7. The summed E-state index contributed by atoms with van der Waals surface area (Å²) >= 11 is 0. The fourth-order valence-electron chi connectivity index (χ4n) is 4.03. The van der Waals surface area contributed by atoms with E-state index in [1.807, 2.05) is 6.07 Å². The Morgan fingerprint density at radius 3 is 2.14 bits per heavy atom. The number of benzene rings is 3. The normalized spacial score (nSPS) is 18.2. The molecule has 28 heavy (non-hydrogen) atoms. The topological polar surface area (TPSA) is 24.1 Å². The van der Waals surface area contributed by atoms with Gasteiger partial charge in [0.25, 0.3) is 0 Å². The third-order valence-corrected chi connectivity index (χ3v) is 5.67. The lowest BCUT2D eigenvalue weighted by Crippen LogP contribution is -2.30. The first-order valence-corrected chi connectivity index (χ1v) is 10.00. The summed E-state index contributed by atoms with van der Waals surface area (Å²) in [7, 11) is 0. The van der Waals surface area contributed by atoms with Gasteiger partial charge in [-0.3, -0.25) is 0 Å². The minimum atomic E-state index is -0.180. The summed E-state index contributed by atoms with van der Waals surface area (Å²) in [5, 5.41) is 7.28. The molecule has 0 spiro atoms. The minimum Gasteiger partial charge on any atom is -0.358 e. The highest BCUT2D eigenvalue weighted by Crippen LogP contribution is 2.45. The molecule has 0 aromatic heterocycles. The average Bonchev–Trinajstić information content (AvgIpc) is 2.70. The van der Waals surface area contributed by atoms with Gasteiger partial charge in [0.15, 0.2) is 0 Å². The maximum atomic E-state index is 3.71. The van der Waals surface area contributed by atoms with Crippen LogP contribution in [0.25, 0.3) is 0 Å². The number of rotatable bonds is 4. The minimum absolute atomic E-state index is 0.180. The molecule has 4 rings (SSSR count). The molecule has 0 aliphatic carbocycles. The van der Waals surface area contributed by atoms with Crippen molar-refractivity contribution in [3.05, 3.63) is 101 Å². The zero-order valence-corrected chi connectivity index (χ0v) is 17.1. The summed E-state index contributed by atoms with van der Waals surface area (Å²) in [6.07, 6.45) is 2.40. The molecule has 2 nitrogen and oxygen atoms in total. The van der Waals surface area contributed by atoms with Crippen LogP contribution in [0.4, 0.5) is 17.1 Å². The van der Waals surface area contributed by atoms with Crippen LogP contribution < -0.4 is 10.6 Å². The largest absolute Gasteiger partial charge is 0.358 e. The van der Waals surface area contributed by atoms with Gasteiger partial charge in [0, 0.05) is 28.2 Å². The Labute approximate surface area is 168 Å². The number of hydrogen-bond acceptors (Lipinski definition) is 2. The Kier molecular flexibility index (Phi) is 4.72. The van der Waals surface area contributed by atoms with Crippen molar-refractivity contribution in [1.29, 1.82) is 0 Å². The van der Waals surface area contributed by atoms with Crippen LogP contribution in [0.1, 0.15) is 37.5 Å². The van der Waals surface area contributed by atoms with Gasteiger partial charge in [0.1, 0.15) is 0 Å². The van der Waals surface area contributed by atoms with Crippen LogP contribution >= 0.6 is 0 Å². The van der Waals surface area contributed by atoms with Crippen molar-refractivity contribution in [2.45, 2.75) is 33.1 Å². The molecule has 0 radical (unpaired) electrons. The van der Waals surface area contributed by atoms with Gasteiger partial charge in [0.2, 0.25) is 0 Å². The molecule has 1 aliphatic heterocycles. The molecule has 0 amide bonds. The average molecular weight is 369 g/mol. The molecule has 1 unspecified atom stereocenters. The van der Waals surface area contributed by atoms with Crippen LogP contribution in [0.3, 0.4) is 0 Å². The fraction of sp³-hybridized carbons (Fsp3) is 0.231. The van der Waals surface area contributed by atoms with Crippen molar-refractivity contribution in [1.82, 2.24) is 0 Å². The smallest absolute Gasteiger partial charge is 0.0457 e. The molecule has 3 aromatic carbocycles. The highest BCUT2D eigenvalue weighted by molar-refractivity contribution is 5.75. The van der Waals surface area contributed by atoms with Gasteiger partial charge in [-0.05, 0) is 60.7 Å². The molecule has 1 aliphatic rings. The van der Waals surface area contributed by atoms with Crippen molar-refractivity contribution in [2.24, 2.45) is 5.92 Å². The van der Waals surface area contributed by atoms with Crippen LogP contribution in [0.5, 0.6) is 0 Å². The van der Waals surface area contributed by atoms with Gasteiger partial charge >= 0.3 is 0 Å². The summed E-state index contributed by atoms with van der Waals surface area (Å²) < 4.78 is 0. The number of allylic oxidation sites excluding steroid dienone is 2. The van der Waals surface area contributed by atoms with E-state index in [2.05, 4.69) is 111 Å². The molecular weight excluding hydrogens is 340 g/mol. The Balaban J connectivity index is 1.87. The Morgan fingerprint density at radius 1 is 0.857 bits per heavy atom. The molecule has 0 saturated carbocycles.